The average Bonchev–Trinajstić information content (AvgIpc) is 3.08. The van der Waals surface area contributed by atoms with Crippen LogP contribution in [-0.4, -0.2) is 12.2 Å². The van der Waals surface area contributed by atoms with Gasteiger partial charge < -0.3 is 15.4 Å². The third-order valence-electron chi connectivity index (χ3n) is 4.63. The number of benzene rings is 2. The van der Waals surface area contributed by atoms with E-state index in [0.717, 1.165) is 49.1 Å². The molecule has 0 bridgehead atoms. The number of methoxy groups -OCH3 is 1. The summed E-state index contributed by atoms with van der Waals surface area (Å²) in [6.45, 7) is 0. The third-order valence-corrected chi connectivity index (χ3v) is 4.83. The molecule has 0 aliphatic heterocycles. The molecule has 2 aromatic rings. The Morgan fingerprint density at radius 2 is 1.72 bits per heavy atom. The summed E-state index contributed by atoms with van der Waals surface area (Å²) in [5, 5.41) is 6.73. The molecule has 1 saturated carbocycles. The fraction of sp³-hybridized carbons (Fsp3) is 0.316. The van der Waals surface area contributed by atoms with Gasteiger partial charge in [0.15, 0.2) is 16.7 Å². The lowest BCUT2D eigenvalue weighted by Crippen LogP contribution is -2.45. The highest BCUT2D eigenvalue weighted by atomic mass is 32.1. The van der Waals surface area contributed by atoms with E-state index in [4.69, 9.17) is 17.0 Å². The van der Waals surface area contributed by atoms with Crippen LogP contribution in [0, 0.1) is 11.6 Å². The van der Waals surface area contributed by atoms with Crippen molar-refractivity contribution in [1.29, 1.82) is 0 Å². The van der Waals surface area contributed by atoms with Gasteiger partial charge in [-0.05, 0) is 54.9 Å². The van der Waals surface area contributed by atoms with E-state index in [1.165, 1.54) is 6.07 Å². The summed E-state index contributed by atoms with van der Waals surface area (Å²) < 4.78 is 31.6. The Labute approximate surface area is 151 Å². The summed E-state index contributed by atoms with van der Waals surface area (Å²) in [7, 11) is 1.64. The Hall–Kier alpha value is -2.21. The molecule has 1 fully saturated rings. The van der Waals surface area contributed by atoms with E-state index in [1.54, 1.807) is 7.11 Å². The molecule has 2 aromatic carbocycles. The van der Waals surface area contributed by atoms with Gasteiger partial charge in [-0.25, -0.2) is 8.78 Å². The lowest BCUT2D eigenvalue weighted by Gasteiger charge is -2.32. The van der Waals surface area contributed by atoms with Crippen LogP contribution in [0.1, 0.15) is 31.2 Å². The first-order chi connectivity index (χ1) is 12.0. The van der Waals surface area contributed by atoms with Gasteiger partial charge >= 0.3 is 0 Å². The molecular weight excluding hydrogens is 342 g/mol. The zero-order valence-electron chi connectivity index (χ0n) is 13.9. The summed E-state index contributed by atoms with van der Waals surface area (Å²) in [6, 6.07) is 11.6. The van der Waals surface area contributed by atoms with Gasteiger partial charge in [0.2, 0.25) is 0 Å². The number of thiocarbonyl (C=S) groups is 1. The molecule has 0 spiro atoms. The number of rotatable bonds is 4. The fourth-order valence-electron chi connectivity index (χ4n) is 3.33. The first kappa shape index (κ1) is 17.6. The van der Waals surface area contributed by atoms with Crippen LogP contribution in [0.25, 0.3) is 0 Å². The smallest absolute Gasteiger partial charge is 0.171 e. The monoisotopic (exact) mass is 362 g/mol. The maximum absolute atomic E-state index is 13.4. The van der Waals surface area contributed by atoms with Gasteiger partial charge in [0.1, 0.15) is 5.75 Å². The Bertz CT molecular complexity index is 759. The molecule has 0 unspecified atom stereocenters. The van der Waals surface area contributed by atoms with Gasteiger partial charge in [0.25, 0.3) is 0 Å². The van der Waals surface area contributed by atoms with Crippen molar-refractivity contribution < 1.29 is 13.5 Å². The van der Waals surface area contributed by atoms with Crippen molar-refractivity contribution in [2.45, 2.75) is 31.2 Å². The molecule has 0 saturated heterocycles. The molecule has 0 aromatic heterocycles. The molecule has 3 nitrogen and oxygen atoms in total. The Kier molecular flexibility index (Phi) is 5.18. The van der Waals surface area contributed by atoms with Gasteiger partial charge in [-0.1, -0.05) is 25.0 Å². The van der Waals surface area contributed by atoms with E-state index in [2.05, 4.69) is 10.6 Å². The van der Waals surface area contributed by atoms with E-state index >= 15 is 0 Å². The van der Waals surface area contributed by atoms with Crippen molar-refractivity contribution in [3.05, 3.63) is 59.7 Å². The van der Waals surface area contributed by atoms with Crippen LogP contribution in [0.3, 0.4) is 0 Å². The summed E-state index contributed by atoms with van der Waals surface area (Å²) in [4.78, 5) is 0. The van der Waals surface area contributed by atoms with Crippen molar-refractivity contribution in [1.82, 2.24) is 5.32 Å². The van der Waals surface area contributed by atoms with Gasteiger partial charge in [0.05, 0.1) is 12.6 Å². The highest BCUT2D eigenvalue weighted by molar-refractivity contribution is 7.80. The standard InChI is InChI=1S/C19H20F2N2OS/c1-24-15-7-4-13(5-8-15)19(10-2-3-11-19)23-18(25)22-14-6-9-16(20)17(21)12-14/h4-9,12H,2-3,10-11H2,1H3,(H2,22,23,25). The molecule has 0 heterocycles. The second-order valence-electron chi connectivity index (χ2n) is 6.23. The maximum atomic E-state index is 13.4. The van der Waals surface area contributed by atoms with Gasteiger partial charge in [0, 0.05) is 11.8 Å². The van der Waals surface area contributed by atoms with Crippen LogP contribution >= 0.6 is 12.2 Å². The van der Waals surface area contributed by atoms with Crippen LogP contribution in [0.2, 0.25) is 0 Å². The average molecular weight is 362 g/mol. The van der Waals surface area contributed by atoms with E-state index in [9.17, 15) is 8.78 Å². The molecule has 132 valence electrons. The summed E-state index contributed by atoms with van der Waals surface area (Å²) >= 11 is 5.41. The van der Waals surface area contributed by atoms with E-state index in [1.807, 2.05) is 24.3 Å². The number of ether oxygens (including phenoxy) is 1. The maximum Gasteiger partial charge on any atom is 0.171 e. The molecule has 0 atom stereocenters. The molecule has 6 heteroatoms. The largest absolute Gasteiger partial charge is 0.497 e. The van der Waals surface area contributed by atoms with Crippen molar-refractivity contribution in [2.75, 3.05) is 12.4 Å². The highest BCUT2D eigenvalue weighted by Gasteiger charge is 2.36. The lowest BCUT2D eigenvalue weighted by molar-refractivity contribution is 0.401. The number of halogens is 2. The molecular formula is C19H20F2N2OS. The normalized spacial score (nSPS) is 15.6. The molecule has 25 heavy (non-hydrogen) atoms. The summed E-state index contributed by atoms with van der Waals surface area (Å²) in [5.74, 6) is -0.979. The SMILES string of the molecule is COc1ccc(C2(NC(=S)Nc3ccc(F)c(F)c3)CCCC2)cc1. The Balaban J connectivity index is 1.76. The first-order valence-corrected chi connectivity index (χ1v) is 8.62. The van der Waals surface area contributed by atoms with Gasteiger partial charge in [-0.2, -0.15) is 0 Å². The van der Waals surface area contributed by atoms with Crippen molar-refractivity contribution in [2.24, 2.45) is 0 Å². The predicted octanol–water partition coefficient (Wildman–Crippen LogP) is 4.73. The minimum Gasteiger partial charge on any atom is -0.497 e. The predicted molar refractivity (Wildman–Crippen MR) is 98.9 cm³/mol. The Morgan fingerprint density at radius 1 is 1.04 bits per heavy atom. The number of hydrogen-bond donors (Lipinski definition) is 2. The molecule has 2 N–H and O–H groups in total. The highest BCUT2D eigenvalue weighted by Crippen LogP contribution is 2.39. The summed E-state index contributed by atoms with van der Waals surface area (Å²) in [5.41, 5.74) is 1.30. The fourth-order valence-corrected chi connectivity index (χ4v) is 3.64. The molecule has 3 rings (SSSR count). The molecule has 0 radical (unpaired) electrons. The van der Waals surface area contributed by atoms with Crippen LogP contribution < -0.4 is 15.4 Å². The van der Waals surface area contributed by atoms with E-state index < -0.39 is 11.6 Å². The minimum absolute atomic E-state index is 0.255. The lowest BCUT2D eigenvalue weighted by atomic mass is 9.88. The number of anilines is 1. The van der Waals surface area contributed by atoms with Crippen molar-refractivity contribution >= 4 is 23.0 Å². The third kappa shape index (κ3) is 3.90. The topological polar surface area (TPSA) is 33.3 Å². The zero-order valence-corrected chi connectivity index (χ0v) is 14.8. The van der Waals surface area contributed by atoms with Gasteiger partial charge in [-0.15, -0.1) is 0 Å². The van der Waals surface area contributed by atoms with Crippen LogP contribution in [0.15, 0.2) is 42.5 Å². The first-order valence-electron chi connectivity index (χ1n) is 8.21. The Morgan fingerprint density at radius 3 is 2.32 bits per heavy atom. The number of nitrogens with one attached hydrogen (secondary N) is 2. The van der Waals surface area contributed by atoms with E-state index in [0.29, 0.717) is 10.8 Å². The van der Waals surface area contributed by atoms with Crippen molar-refractivity contribution in [3.8, 4) is 5.75 Å². The van der Waals surface area contributed by atoms with Crippen LogP contribution in [-0.2, 0) is 5.54 Å². The zero-order chi connectivity index (χ0) is 17.9. The van der Waals surface area contributed by atoms with Gasteiger partial charge in [-0.3, -0.25) is 0 Å². The van der Waals surface area contributed by atoms with Crippen LogP contribution in [0.4, 0.5) is 14.5 Å². The quantitative estimate of drug-likeness (QED) is 0.771. The van der Waals surface area contributed by atoms with Crippen molar-refractivity contribution in [3.63, 3.8) is 0 Å². The van der Waals surface area contributed by atoms with Crippen LogP contribution in [0.5, 0.6) is 5.75 Å². The minimum atomic E-state index is -0.904. The van der Waals surface area contributed by atoms with E-state index in [-0.39, 0.29) is 5.54 Å². The number of hydrogen-bond acceptors (Lipinski definition) is 2. The molecule has 1 aliphatic rings. The molecule has 1 aliphatic carbocycles. The molecule has 0 amide bonds. The second kappa shape index (κ2) is 7.35. The summed E-state index contributed by atoms with van der Waals surface area (Å²) in [6.07, 6.45) is 4.12. The second-order valence-corrected chi connectivity index (χ2v) is 6.63.